The SMILES string of the molecule is C=CC/C=N\c1cc(CC)ccc1C. The summed E-state index contributed by atoms with van der Waals surface area (Å²) in [7, 11) is 0. The van der Waals surface area contributed by atoms with Crippen LogP contribution in [0.3, 0.4) is 0 Å². The molecule has 0 saturated carbocycles. The highest BCUT2D eigenvalue weighted by Gasteiger charge is 1.96. The summed E-state index contributed by atoms with van der Waals surface area (Å²) in [5.41, 5.74) is 3.63. The van der Waals surface area contributed by atoms with Gasteiger partial charge in [0.2, 0.25) is 0 Å². The predicted molar refractivity (Wildman–Crippen MR) is 63.5 cm³/mol. The molecule has 0 radical (unpaired) electrons. The number of nitrogens with zero attached hydrogens (tertiary/aromatic N) is 1. The zero-order chi connectivity index (χ0) is 10.4. The topological polar surface area (TPSA) is 12.4 Å². The molecule has 0 heterocycles. The van der Waals surface area contributed by atoms with Crippen LogP contribution in [0.2, 0.25) is 0 Å². The van der Waals surface area contributed by atoms with Gasteiger partial charge in [0, 0.05) is 12.6 Å². The smallest absolute Gasteiger partial charge is 0.0657 e. The molecule has 1 rings (SSSR count). The summed E-state index contributed by atoms with van der Waals surface area (Å²) in [6.07, 6.45) is 5.64. The van der Waals surface area contributed by atoms with Gasteiger partial charge in [0.1, 0.15) is 0 Å². The minimum absolute atomic E-state index is 0.829. The Bertz CT molecular complexity index is 337. The van der Waals surface area contributed by atoms with E-state index in [9.17, 15) is 0 Å². The maximum Gasteiger partial charge on any atom is 0.0657 e. The zero-order valence-corrected chi connectivity index (χ0v) is 8.96. The van der Waals surface area contributed by atoms with E-state index in [0.717, 1.165) is 18.5 Å². The molecule has 0 atom stereocenters. The third-order valence-corrected chi connectivity index (χ3v) is 2.18. The van der Waals surface area contributed by atoms with Crippen molar-refractivity contribution in [3.63, 3.8) is 0 Å². The van der Waals surface area contributed by atoms with Crippen LogP contribution in [0.15, 0.2) is 35.8 Å². The van der Waals surface area contributed by atoms with Gasteiger partial charge in [-0.15, -0.1) is 6.58 Å². The first-order chi connectivity index (χ1) is 6.77. The number of aliphatic imine (C=N–C) groups is 1. The van der Waals surface area contributed by atoms with Crippen molar-refractivity contribution in [1.82, 2.24) is 0 Å². The minimum atomic E-state index is 0.829. The van der Waals surface area contributed by atoms with Crippen molar-refractivity contribution >= 4 is 11.9 Å². The lowest BCUT2D eigenvalue weighted by Crippen LogP contribution is -1.82. The van der Waals surface area contributed by atoms with Crippen molar-refractivity contribution in [2.24, 2.45) is 4.99 Å². The lowest BCUT2D eigenvalue weighted by atomic mass is 10.1. The molecule has 1 aromatic rings. The van der Waals surface area contributed by atoms with Gasteiger partial charge < -0.3 is 0 Å². The third-order valence-electron chi connectivity index (χ3n) is 2.18. The summed E-state index contributed by atoms with van der Waals surface area (Å²) in [5.74, 6) is 0. The van der Waals surface area contributed by atoms with Gasteiger partial charge >= 0.3 is 0 Å². The van der Waals surface area contributed by atoms with Crippen molar-refractivity contribution in [3.05, 3.63) is 42.0 Å². The van der Waals surface area contributed by atoms with Crippen molar-refractivity contribution in [3.8, 4) is 0 Å². The summed E-state index contributed by atoms with van der Waals surface area (Å²) < 4.78 is 0. The van der Waals surface area contributed by atoms with Crippen LogP contribution in [-0.4, -0.2) is 6.21 Å². The normalized spacial score (nSPS) is 10.7. The molecule has 1 aromatic carbocycles. The average molecular weight is 187 g/mol. The Morgan fingerprint density at radius 1 is 1.43 bits per heavy atom. The van der Waals surface area contributed by atoms with Crippen LogP contribution >= 0.6 is 0 Å². The Labute approximate surface area is 86.2 Å². The molecule has 0 saturated heterocycles. The lowest BCUT2D eigenvalue weighted by Gasteiger charge is -2.02. The average Bonchev–Trinajstić information content (AvgIpc) is 2.21. The lowest BCUT2D eigenvalue weighted by molar-refractivity contribution is 1.13. The quantitative estimate of drug-likeness (QED) is 0.501. The Kier molecular flexibility index (Phi) is 4.11. The minimum Gasteiger partial charge on any atom is -0.261 e. The molecule has 0 N–H and O–H groups in total. The number of rotatable bonds is 4. The first-order valence-corrected chi connectivity index (χ1v) is 5.01. The van der Waals surface area contributed by atoms with Crippen LogP contribution < -0.4 is 0 Å². The van der Waals surface area contributed by atoms with Gasteiger partial charge in [0.25, 0.3) is 0 Å². The highest BCUT2D eigenvalue weighted by Crippen LogP contribution is 2.20. The maximum atomic E-state index is 4.41. The van der Waals surface area contributed by atoms with E-state index in [0.29, 0.717) is 0 Å². The molecule has 1 nitrogen and oxygen atoms in total. The fourth-order valence-electron chi connectivity index (χ4n) is 1.24. The highest BCUT2D eigenvalue weighted by molar-refractivity contribution is 5.66. The van der Waals surface area contributed by atoms with Crippen LogP contribution in [0.5, 0.6) is 0 Å². The molecule has 0 fully saturated rings. The van der Waals surface area contributed by atoms with Gasteiger partial charge in [-0.1, -0.05) is 25.1 Å². The van der Waals surface area contributed by atoms with E-state index in [2.05, 4.69) is 43.6 Å². The fourth-order valence-corrected chi connectivity index (χ4v) is 1.24. The largest absolute Gasteiger partial charge is 0.261 e. The number of aryl methyl sites for hydroxylation is 2. The van der Waals surface area contributed by atoms with Crippen molar-refractivity contribution in [2.75, 3.05) is 0 Å². The molecule has 0 unspecified atom stereocenters. The first kappa shape index (κ1) is 10.7. The van der Waals surface area contributed by atoms with Gasteiger partial charge in [-0.2, -0.15) is 0 Å². The van der Waals surface area contributed by atoms with Crippen LogP contribution in [0.1, 0.15) is 24.5 Å². The summed E-state index contributed by atoms with van der Waals surface area (Å²) in [5, 5.41) is 0. The first-order valence-electron chi connectivity index (χ1n) is 5.01. The standard InChI is InChI=1S/C13H17N/c1-4-6-9-14-13-10-12(5-2)8-7-11(13)3/h4,7-10H,1,5-6H2,2-3H3/b14-9-. The Balaban J connectivity index is 2.88. The molecule has 1 heteroatoms. The van der Waals surface area contributed by atoms with Crippen molar-refractivity contribution in [1.29, 1.82) is 0 Å². The highest BCUT2D eigenvalue weighted by atomic mass is 14.7. The van der Waals surface area contributed by atoms with Gasteiger partial charge in [0.15, 0.2) is 0 Å². The van der Waals surface area contributed by atoms with E-state index in [1.807, 2.05) is 12.3 Å². The van der Waals surface area contributed by atoms with Crippen LogP contribution in [0.25, 0.3) is 0 Å². The van der Waals surface area contributed by atoms with Gasteiger partial charge in [0.05, 0.1) is 5.69 Å². The van der Waals surface area contributed by atoms with Crippen LogP contribution in [0, 0.1) is 6.92 Å². The second-order valence-corrected chi connectivity index (χ2v) is 3.31. The van der Waals surface area contributed by atoms with E-state index in [1.165, 1.54) is 11.1 Å². The summed E-state index contributed by atoms with van der Waals surface area (Å²) in [6.45, 7) is 7.89. The molecule has 0 aliphatic rings. The van der Waals surface area contributed by atoms with E-state index >= 15 is 0 Å². The monoisotopic (exact) mass is 187 g/mol. The van der Waals surface area contributed by atoms with E-state index in [4.69, 9.17) is 0 Å². The number of benzene rings is 1. The van der Waals surface area contributed by atoms with Crippen LogP contribution in [-0.2, 0) is 6.42 Å². The molecule has 0 aromatic heterocycles. The zero-order valence-electron chi connectivity index (χ0n) is 8.96. The van der Waals surface area contributed by atoms with E-state index in [1.54, 1.807) is 0 Å². The van der Waals surface area contributed by atoms with Crippen molar-refractivity contribution < 1.29 is 0 Å². The number of allylic oxidation sites excluding steroid dienone is 1. The summed E-state index contributed by atoms with van der Waals surface area (Å²) >= 11 is 0. The molecule has 14 heavy (non-hydrogen) atoms. The molecular weight excluding hydrogens is 170 g/mol. The predicted octanol–water partition coefficient (Wildman–Crippen LogP) is 3.84. The second kappa shape index (κ2) is 5.38. The summed E-state index contributed by atoms with van der Waals surface area (Å²) in [6, 6.07) is 6.43. The Morgan fingerprint density at radius 2 is 2.21 bits per heavy atom. The Hall–Kier alpha value is -1.37. The maximum absolute atomic E-state index is 4.41. The molecule has 0 bridgehead atoms. The third kappa shape index (κ3) is 2.84. The Morgan fingerprint density at radius 3 is 2.86 bits per heavy atom. The number of hydrogen-bond donors (Lipinski definition) is 0. The van der Waals surface area contributed by atoms with Gasteiger partial charge in [-0.3, -0.25) is 4.99 Å². The molecule has 74 valence electrons. The van der Waals surface area contributed by atoms with Gasteiger partial charge in [-0.05, 0) is 30.5 Å². The molecule has 0 spiro atoms. The second-order valence-electron chi connectivity index (χ2n) is 3.31. The van der Waals surface area contributed by atoms with E-state index < -0.39 is 0 Å². The van der Waals surface area contributed by atoms with Gasteiger partial charge in [-0.25, -0.2) is 0 Å². The number of hydrogen-bond acceptors (Lipinski definition) is 1. The molecular formula is C13H17N. The molecule has 0 amide bonds. The molecule has 0 aliphatic carbocycles. The van der Waals surface area contributed by atoms with Crippen molar-refractivity contribution in [2.45, 2.75) is 26.7 Å². The summed E-state index contributed by atoms with van der Waals surface area (Å²) in [4.78, 5) is 4.41. The van der Waals surface area contributed by atoms with Crippen LogP contribution in [0.4, 0.5) is 5.69 Å². The fraction of sp³-hybridized carbons (Fsp3) is 0.308. The van der Waals surface area contributed by atoms with E-state index in [-0.39, 0.29) is 0 Å². The molecule has 0 aliphatic heterocycles.